The second-order valence-corrected chi connectivity index (χ2v) is 5.71. The SMILES string of the molecule is CC(=O)OC1C(C)CN(Cc2ccccc2)CC1C. The number of rotatable bonds is 3. The van der Waals surface area contributed by atoms with Crippen molar-refractivity contribution in [1.29, 1.82) is 0 Å². The lowest BCUT2D eigenvalue weighted by Crippen LogP contribution is -2.48. The Hall–Kier alpha value is -1.35. The Morgan fingerprint density at radius 1 is 1.21 bits per heavy atom. The van der Waals surface area contributed by atoms with E-state index in [0.29, 0.717) is 11.8 Å². The maximum absolute atomic E-state index is 11.1. The van der Waals surface area contributed by atoms with Crippen LogP contribution < -0.4 is 0 Å². The van der Waals surface area contributed by atoms with Crippen molar-refractivity contribution >= 4 is 5.97 Å². The lowest BCUT2D eigenvalue weighted by Gasteiger charge is -2.40. The Balaban J connectivity index is 1.95. The minimum atomic E-state index is -0.166. The third-order valence-electron chi connectivity index (χ3n) is 3.77. The van der Waals surface area contributed by atoms with Crippen LogP contribution in [0.5, 0.6) is 0 Å². The van der Waals surface area contributed by atoms with Crippen LogP contribution in [0.2, 0.25) is 0 Å². The molecule has 2 unspecified atom stereocenters. The van der Waals surface area contributed by atoms with Crippen molar-refractivity contribution in [1.82, 2.24) is 4.90 Å². The molecule has 0 N–H and O–H groups in total. The van der Waals surface area contributed by atoms with Crippen molar-refractivity contribution in [3.8, 4) is 0 Å². The molecule has 1 saturated heterocycles. The second-order valence-electron chi connectivity index (χ2n) is 5.71. The van der Waals surface area contributed by atoms with Crippen LogP contribution in [-0.4, -0.2) is 30.1 Å². The quantitative estimate of drug-likeness (QED) is 0.784. The van der Waals surface area contributed by atoms with Gasteiger partial charge in [-0.1, -0.05) is 44.2 Å². The molecule has 19 heavy (non-hydrogen) atoms. The highest BCUT2D eigenvalue weighted by atomic mass is 16.5. The first-order valence-electron chi connectivity index (χ1n) is 6.99. The Morgan fingerprint density at radius 3 is 2.32 bits per heavy atom. The predicted molar refractivity (Wildman–Crippen MR) is 75.6 cm³/mol. The van der Waals surface area contributed by atoms with E-state index in [0.717, 1.165) is 19.6 Å². The van der Waals surface area contributed by atoms with E-state index in [9.17, 15) is 4.79 Å². The van der Waals surface area contributed by atoms with Gasteiger partial charge in [0, 0.05) is 38.4 Å². The largest absolute Gasteiger partial charge is 0.462 e. The number of carbonyl (C=O) groups is 1. The third kappa shape index (κ3) is 3.80. The van der Waals surface area contributed by atoms with Crippen LogP contribution in [0.4, 0.5) is 0 Å². The highest BCUT2D eigenvalue weighted by Gasteiger charge is 2.33. The topological polar surface area (TPSA) is 29.5 Å². The van der Waals surface area contributed by atoms with Crippen molar-refractivity contribution in [3.05, 3.63) is 35.9 Å². The van der Waals surface area contributed by atoms with Crippen molar-refractivity contribution in [2.75, 3.05) is 13.1 Å². The van der Waals surface area contributed by atoms with E-state index in [1.807, 2.05) is 6.07 Å². The second kappa shape index (κ2) is 6.20. The molecule has 2 atom stereocenters. The Labute approximate surface area is 115 Å². The molecule has 0 saturated carbocycles. The van der Waals surface area contributed by atoms with Crippen molar-refractivity contribution in [3.63, 3.8) is 0 Å². The monoisotopic (exact) mass is 261 g/mol. The molecule has 3 heteroatoms. The van der Waals surface area contributed by atoms with Gasteiger partial charge in [-0.15, -0.1) is 0 Å². The van der Waals surface area contributed by atoms with E-state index in [2.05, 4.69) is 43.0 Å². The van der Waals surface area contributed by atoms with Gasteiger partial charge in [-0.3, -0.25) is 9.69 Å². The summed E-state index contributed by atoms with van der Waals surface area (Å²) in [7, 11) is 0. The summed E-state index contributed by atoms with van der Waals surface area (Å²) >= 11 is 0. The summed E-state index contributed by atoms with van der Waals surface area (Å²) in [6.45, 7) is 8.77. The minimum absolute atomic E-state index is 0.0597. The first-order valence-corrected chi connectivity index (χ1v) is 6.99. The molecule has 0 radical (unpaired) electrons. The number of ether oxygens (including phenoxy) is 1. The highest BCUT2D eigenvalue weighted by molar-refractivity contribution is 5.66. The molecule has 1 aliphatic heterocycles. The number of likely N-dealkylation sites (tertiary alicyclic amines) is 1. The number of nitrogens with zero attached hydrogens (tertiary/aromatic N) is 1. The molecular weight excluding hydrogens is 238 g/mol. The summed E-state index contributed by atoms with van der Waals surface area (Å²) in [6.07, 6.45) is 0.0597. The van der Waals surface area contributed by atoms with Crippen LogP contribution in [0.3, 0.4) is 0 Å². The molecule has 1 aromatic carbocycles. The van der Waals surface area contributed by atoms with E-state index < -0.39 is 0 Å². The van der Waals surface area contributed by atoms with Gasteiger partial charge >= 0.3 is 5.97 Å². The van der Waals surface area contributed by atoms with Gasteiger partial charge < -0.3 is 4.74 Å². The molecule has 1 aromatic rings. The summed E-state index contributed by atoms with van der Waals surface area (Å²) in [4.78, 5) is 13.6. The van der Waals surface area contributed by atoms with Crippen LogP contribution in [-0.2, 0) is 16.1 Å². The van der Waals surface area contributed by atoms with Crippen LogP contribution in [0.25, 0.3) is 0 Å². The number of benzene rings is 1. The Kier molecular flexibility index (Phi) is 4.59. The highest BCUT2D eigenvalue weighted by Crippen LogP contribution is 2.26. The summed E-state index contributed by atoms with van der Waals surface area (Å²) < 4.78 is 5.45. The average Bonchev–Trinajstić information content (AvgIpc) is 2.35. The third-order valence-corrected chi connectivity index (χ3v) is 3.77. The van der Waals surface area contributed by atoms with Crippen LogP contribution in [0.15, 0.2) is 30.3 Å². The summed E-state index contributed by atoms with van der Waals surface area (Å²) in [5, 5.41) is 0. The fraction of sp³-hybridized carbons (Fsp3) is 0.562. The normalized spacial score (nSPS) is 28.1. The van der Waals surface area contributed by atoms with Crippen molar-refractivity contribution in [2.24, 2.45) is 11.8 Å². The number of carbonyl (C=O) groups excluding carboxylic acids is 1. The Morgan fingerprint density at radius 2 is 1.79 bits per heavy atom. The molecule has 0 aromatic heterocycles. The number of hydrogen-bond donors (Lipinski definition) is 0. The average molecular weight is 261 g/mol. The fourth-order valence-corrected chi connectivity index (χ4v) is 3.05. The summed E-state index contributed by atoms with van der Waals surface area (Å²) in [5.74, 6) is 0.605. The van der Waals surface area contributed by atoms with Crippen molar-refractivity contribution in [2.45, 2.75) is 33.4 Å². The minimum Gasteiger partial charge on any atom is -0.462 e. The summed E-state index contributed by atoms with van der Waals surface area (Å²) in [6, 6.07) is 10.5. The lowest BCUT2D eigenvalue weighted by molar-refractivity contribution is -0.156. The van der Waals surface area contributed by atoms with Gasteiger partial charge in [0.15, 0.2) is 0 Å². The number of hydrogen-bond acceptors (Lipinski definition) is 3. The first kappa shape index (κ1) is 14.1. The molecule has 0 spiro atoms. The molecule has 104 valence electrons. The molecular formula is C16H23NO2. The van der Waals surface area contributed by atoms with Crippen molar-refractivity contribution < 1.29 is 9.53 Å². The van der Waals surface area contributed by atoms with E-state index in [1.165, 1.54) is 12.5 Å². The van der Waals surface area contributed by atoms with Gasteiger partial charge in [-0.05, 0) is 5.56 Å². The smallest absolute Gasteiger partial charge is 0.302 e. The van der Waals surface area contributed by atoms with Gasteiger partial charge in [0.1, 0.15) is 6.10 Å². The van der Waals surface area contributed by atoms with Gasteiger partial charge in [0.05, 0.1) is 0 Å². The maximum atomic E-state index is 11.1. The van der Waals surface area contributed by atoms with Gasteiger partial charge in [0.2, 0.25) is 0 Å². The molecule has 0 bridgehead atoms. The molecule has 1 fully saturated rings. The molecule has 0 amide bonds. The standard InChI is InChI=1S/C16H23NO2/c1-12-9-17(11-15-7-5-4-6-8-15)10-13(2)16(12)19-14(3)18/h4-8,12-13,16H,9-11H2,1-3H3. The maximum Gasteiger partial charge on any atom is 0.302 e. The zero-order valence-electron chi connectivity index (χ0n) is 12.0. The van der Waals surface area contributed by atoms with Gasteiger partial charge in [-0.2, -0.15) is 0 Å². The van der Waals surface area contributed by atoms with Crippen LogP contribution in [0, 0.1) is 11.8 Å². The van der Waals surface area contributed by atoms with E-state index in [1.54, 1.807) is 0 Å². The van der Waals surface area contributed by atoms with Gasteiger partial charge in [-0.25, -0.2) is 0 Å². The molecule has 2 rings (SSSR count). The van der Waals surface area contributed by atoms with Crippen LogP contribution in [0.1, 0.15) is 26.3 Å². The zero-order valence-corrected chi connectivity index (χ0v) is 12.0. The Bertz CT molecular complexity index is 406. The number of esters is 1. The molecule has 1 aliphatic rings. The van der Waals surface area contributed by atoms with E-state index in [4.69, 9.17) is 4.74 Å². The van der Waals surface area contributed by atoms with Crippen LogP contribution >= 0.6 is 0 Å². The fourth-order valence-electron chi connectivity index (χ4n) is 3.05. The summed E-state index contributed by atoms with van der Waals surface area (Å²) in [5.41, 5.74) is 1.34. The van der Waals surface area contributed by atoms with E-state index >= 15 is 0 Å². The first-order chi connectivity index (χ1) is 9.06. The zero-order chi connectivity index (χ0) is 13.8. The molecule has 3 nitrogen and oxygen atoms in total. The predicted octanol–water partition coefficient (Wildman–Crippen LogP) is 2.71. The van der Waals surface area contributed by atoms with Gasteiger partial charge in [0.25, 0.3) is 0 Å². The van der Waals surface area contributed by atoms with E-state index in [-0.39, 0.29) is 12.1 Å². The lowest BCUT2D eigenvalue weighted by atomic mass is 9.88. The number of piperidine rings is 1. The molecule has 1 heterocycles. The molecule has 0 aliphatic carbocycles.